The van der Waals surface area contributed by atoms with E-state index in [-0.39, 0.29) is 18.1 Å². The lowest BCUT2D eigenvalue weighted by Gasteiger charge is -2.29. The summed E-state index contributed by atoms with van der Waals surface area (Å²) in [5, 5.41) is 7.34. The number of carbonyl (C=O) groups excluding carboxylic acids is 1. The second-order valence-corrected chi connectivity index (χ2v) is 7.16. The topological polar surface area (TPSA) is 51.2 Å². The van der Waals surface area contributed by atoms with Crippen molar-refractivity contribution in [3.8, 4) is 5.75 Å². The molecule has 0 radical (unpaired) electrons. The molecular formula is C19H24N2O2S. The molecule has 2 aromatic rings. The Balaban J connectivity index is 1.39. The lowest BCUT2D eigenvalue weighted by Crippen LogP contribution is -2.39. The Morgan fingerprint density at radius 3 is 2.88 bits per heavy atom. The van der Waals surface area contributed by atoms with Crippen molar-refractivity contribution in [1.29, 1.82) is 0 Å². The maximum Gasteiger partial charge on any atom is 0.220 e. The van der Waals surface area contributed by atoms with Crippen LogP contribution in [0, 0.1) is 6.92 Å². The van der Waals surface area contributed by atoms with Crippen LogP contribution < -0.4 is 10.1 Å². The fraction of sp³-hybridized carbons (Fsp3) is 0.474. The molecule has 1 aliphatic carbocycles. The zero-order chi connectivity index (χ0) is 16.8. The molecule has 3 rings (SSSR count). The van der Waals surface area contributed by atoms with Crippen molar-refractivity contribution in [2.24, 2.45) is 0 Å². The number of thiophene rings is 1. The Bertz CT molecular complexity index is 649. The number of carbonyl (C=O) groups is 1. The normalized spacial score (nSPS) is 20.5. The SMILES string of the molecule is Cc1ncccc1OC1CCC(NC(=O)CCc2ccsc2)CC1. The van der Waals surface area contributed by atoms with Crippen molar-refractivity contribution in [2.75, 3.05) is 0 Å². The quantitative estimate of drug-likeness (QED) is 0.865. The van der Waals surface area contributed by atoms with Gasteiger partial charge in [-0.25, -0.2) is 0 Å². The summed E-state index contributed by atoms with van der Waals surface area (Å²) in [7, 11) is 0. The summed E-state index contributed by atoms with van der Waals surface area (Å²) >= 11 is 1.68. The summed E-state index contributed by atoms with van der Waals surface area (Å²) in [6, 6.07) is 6.25. The molecule has 0 spiro atoms. The molecule has 0 atom stereocenters. The van der Waals surface area contributed by atoms with E-state index in [4.69, 9.17) is 4.74 Å². The van der Waals surface area contributed by atoms with E-state index < -0.39 is 0 Å². The van der Waals surface area contributed by atoms with Crippen LogP contribution in [0.3, 0.4) is 0 Å². The van der Waals surface area contributed by atoms with Crippen LogP contribution in [0.5, 0.6) is 5.75 Å². The molecule has 0 bridgehead atoms. The fourth-order valence-corrected chi connectivity index (χ4v) is 3.79. The van der Waals surface area contributed by atoms with Gasteiger partial charge in [0.15, 0.2) is 0 Å². The third-order valence-electron chi connectivity index (χ3n) is 4.51. The van der Waals surface area contributed by atoms with E-state index in [1.54, 1.807) is 17.5 Å². The van der Waals surface area contributed by atoms with Gasteiger partial charge in [-0.1, -0.05) is 0 Å². The Morgan fingerprint density at radius 2 is 2.17 bits per heavy atom. The summed E-state index contributed by atoms with van der Waals surface area (Å²) in [6.07, 6.45) is 7.32. The van der Waals surface area contributed by atoms with Gasteiger partial charge in [-0.05, 0) is 73.6 Å². The minimum Gasteiger partial charge on any atom is -0.489 e. The predicted molar refractivity (Wildman–Crippen MR) is 96.4 cm³/mol. The number of aryl methyl sites for hydroxylation is 2. The second kappa shape index (κ2) is 8.29. The molecule has 24 heavy (non-hydrogen) atoms. The smallest absolute Gasteiger partial charge is 0.220 e. The van der Waals surface area contributed by atoms with E-state index in [2.05, 4.69) is 27.1 Å². The Hall–Kier alpha value is -1.88. The average molecular weight is 344 g/mol. The number of rotatable bonds is 6. The van der Waals surface area contributed by atoms with Crippen molar-refractivity contribution in [1.82, 2.24) is 10.3 Å². The highest BCUT2D eigenvalue weighted by molar-refractivity contribution is 7.07. The highest BCUT2D eigenvalue weighted by Gasteiger charge is 2.24. The van der Waals surface area contributed by atoms with E-state index in [9.17, 15) is 4.79 Å². The van der Waals surface area contributed by atoms with E-state index in [1.165, 1.54) is 5.56 Å². The predicted octanol–water partition coefficient (Wildman–Crippen LogP) is 3.89. The third kappa shape index (κ3) is 4.81. The minimum atomic E-state index is 0.161. The first-order valence-corrected chi connectivity index (χ1v) is 9.53. The molecular weight excluding hydrogens is 320 g/mol. The van der Waals surface area contributed by atoms with Gasteiger partial charge in [-0.2, -0.15) is 11.3 Å². The number of pyridine rings is 1. The molecule has 0 aromatic carbocycles. The summed E-state index contributed by atoms with van der Waals surface area (Å²) in [5.74, 6) is 1.04. The number of hydrogen-bond acceptors (Lipinski definition) is 4. The summed E-state index contributed by atoms with van der Waals surface area (Å²) in [6.45, 7) is 1.97. The molecule has 1 saturated carbocycles. The molecule has 0 unspecified atom stereocenters. The maximum atomic E-state index is 12.1. The molecule has 1 amide bonds. The molecule has 5 heteroatoms. The van der Waals surface area contributed by atoms with Crippen LogP contribution >= 0.6 is 11.3 Å². The zero-order valence-electron chi connectivity index (χ0n) is 14.0. The molecule has 0 aliphatic heterocycles. The van der Waals surface area contributed by atoms with Gasteiger partial charge in [0.05, 0.1) is 11.8 Å². The molecule has 1 aliphatic rings. The van der Waals surface area contributed by atoms with Crippen LogP contribution in [-0.2, 0) is 11.2 Å². The standard InChI is InChI=1S/C19H24N2O2S/c1-14-18(3-2-11-20-14)23-17-7-5-16(6-8-17)21-19(22)9-4-15-10-12-24-13-15/h2-3,10-13,16-17H,4-9H2,1H3,(H,21,22). The summed E-state index contributed by atoms with van der Waals surface area (Å²) in [5.41, 5.74) is 2.18. The van der Waals surface area contributed by atoms with Gasteiger partial charge >= 0.3 is 0 Å². The van der Waals surface area contributed by atoms with E-state index in [0.717, 1.165) is 43.5 Å². The van der Waals surface area contributed by atoms with Crippen LogP contribution in [0.2, 0.25) is 0 Å². The van der Waals surface area contributed by atoms with Gasteiger partial charge in [0.1, 0.15) is 5.75 Å². The van der Waals surface area contributed by atoms with Crippen LogP contribution in [-0.4, -0.2) is 23.0 Å². The van der Waals surface area contributed by atoms with Gasteiger partial charge in [0.2, 0.25) is 5.91 Å². The highest BCUT2D eigenvalue weighted by atomic mass is 32.1. The monoisotopic (exact) mass is 344 g/mol. The molecule has 128 valence electrons. The highest BCUT2D eigenvalue weighted by Crippen LogP contribution is 2.25. The number of nitrogens with one attached hydrogen (secondary N) is 1. The Kier molecular flexibility index (Phi) is 5.86. The fourth-order valence-electron chi connectivity index (χ4n) is 3.09. The van der Waals surface area contributed by atoms with Crippen molar-refractivity contribution < 1.29 is 9.53 Å². The first-order chi connectivity index (χ1) is 11.7. The van der Waals surface area contributed by atoms with E-state index >= 15 is 0 Å². The largest absolute Gasteiger partial charge is 0.489 e. The van der Waals surface area contributed by atoms with Gasteiger partial charge < -0.3 is 10.1 Å². The molecule has 2 aromatic heterocycles. The third-order valence-corrected chi connectivity index (χ3v) is 5.24. The molecule has 0 saturated heterocycles. The second-order valence-electron chi connectivity index (χ2n) is 6.38. The van der Waals surface area contributed by atoms with Gasteiger partial charge in [-0.15, -0.1) is 0 Å². The number of ether oxygens (including phenoxy) is 1. The van der Waals surface area contributed by atoms with Crippen LogP contribution in [0.1, 0.15) is 43.4 Å². The van der Waals surface area contributed by atoms with Gasteiger partial charge in [-0.3, -0.25) is 9.78 Å². The number of nitrogens with zero attached hydrogens (tertiary/aromatic N) is 1. The van der Waals surface area contributed by atoms with Gasteiger partial charge in [0, 0.05) is 18.7 Å². The van der Waals surface area contributed by atoms with E-state index in [1.807, 2.05) is 19.1 Å². The summed E-state index contributed by atoms with van der Waals surface area (Å²) in [4.78, 5) is 16.3. The van der Waals surface area contributed by atoms with E-state index in [0.29, 0.717) is 6.42 Å². The zero-order valence-corrected chi connectivity index (χ0v) is 14.8. The van der Waals surface area contributed by atoms with Crippen LogP contribution in [0.25, 0.3) is 0 Å². The van der Waals surface area contributed by atoms with Crippen molar-refractivity contribution in [3.05, 3.63) is 46.4 Å². The first-order valence-electron chi connectivity index (χ1n) is 8.59. The van der Waals surface area contributed by atoms with Crippen molar-refractivity contribution in [2.45, 2.75) is 57.6 Å². The minimum absolute atomic E-state index is 0.161. The average Bonchev–Trinajstić information content (AvgIpc) is 3.10. The molecule has 1 N–H and O–H groups in total. The molecule has 4 nitrogen and oxygen atoms in total. The number of aromatic nitrogens is 1. The van der Waals surface area contributed by atoms with Crippen molar-refractivity contribution in [3.63, 3.8) is 0 Å². The Morgan fingerprint density at radius 1 is 1.33 bits per heavy atom. The number of amides is 1. The van der Waals surface area contributed by atoms with Gasteiger partial charge in [0.25, 0.3) is 0 Å². The lowest BCUT2D eigenvalue weighted by atomic mass is 9.92. The maximum absolute atomic E-state index is 12.1. The molecule has 1 fully saturated rings. The summed E-state index contributed by atoms with van der Waals surface area (Å²) < 4.78 is 6.06. The Labute approximate surface area is 147 Å². The first kappa shape index (κ1) is 17.0. The number of hydrogen-bond donors (Lipinski definition) is 1. The van der Waals surface area contributed by atoms with Crippen LogP contribution in [0.4, 0.5) is 0 Å². The molecule has 2 heterocycles. The van der Waals surface area contributed by atoms with Crippen LogP contribution in [0.15, 0.2) is 35.2 Å². The lowest BCUT2D eigenvalue weighted by molar-refractivity contribution is -0.122. The van der Waals surface area contributed by atoms with Crippen molar-refractivity contribution >= 4 is 17.2 Å².